The molecule has 0 fully saturated rings. The van der Waals surface area contributed by atoms with E-state index in [9.17, 15) is 4.39 Å². The smallest absolute Gasteiger partial charge is 0.222 e. The largest absolute Gasteiger partial charge is 0.226 e. The zero-order valence-corrected chi connectivity index (χ0v) is 8.93. The summed E-state index contributed by atoms with van der Waals surface area (Å²) in [7, 11) is 0. The summed E-state index contributed by atoms with van der Waals surface area (Å²) in [6, 6.07) is 6.10. The summed E-state index contributed by atoms with van der Waals surface area (Å²) >= 11 is 11.2. The molecule has 0 amide bonds. The van der Waals surface area contributed by atoms with E-state index in [2.05, 4.69) is 9.97 Å². The highest BCUT2D eigenvalue weighted by atomic mass is 35.5. The van der Waals surface area contributed by atoms with Crippen LogP contribution < -0.4 is 0 Å². The van der Waals surface area contributed by atoms with Gasteiger partial charge in [0.05, 0.1) is 10.7 Å². The molecule has 1 aromatic carbocycles. The molecule has 0 bridgehead atoms. The van der Waals surface area contributed by atoms with Crippen LogP contribution in [0.4, 0.5) is 4.39 Å². The SMILES string of the molecule is Fc1cc(-c2ccnc(Cl)n2)ccc1Cl. The van der Waals surface area contributed by atoms with Crippen LogP contribution in [0.5, 0.6) is 0 Å². The third kappa shape index (κ3) is 2.25. The van der Waals surface area contributed by atoms with Gasteiger partial charge < -0.3 is 0 Å². The molecule has 15 heavy (non-hydrogen) atoms. The highest BCUT2D eigenvalue weighted by Crippen LogP contribution is 2.22. The van der Waals surface area contributed by atoms with E-state index >= 15 is 0 Å². The predicted molar refractivity (Wildman–Crippen MR) is 57.4 cm³/mol. The summed E-state index contributed by atoms with van der Waals surface area (Å²) in [5.41, 5.74) is 1.17. The number of aromatic nitrogens is 2. The van der Waals surface area contributed by atoms with Crippen LogP contribution >= 0.6 is 23.2 Å². The first kappa shape index (κ1) is 10.3. The molecule has 0 unspecified atom stereocenters. The van der Waals surface area contributed by atoms with Gasteiger partial charge in [0.2, 0.25) is 5.28 Å². The fourth-order valence-electron chi connectivity index (χ4n) is 1.15. The number of hydrogen-bond acceptors (Lipinski definition) is 2. The van der Waals surface area contributed by atoms with Gasteiger partial charge in [-0.05, 0) is 29.8 Å². The van der Waals surface area contributed by atoms with Gasteiger partial charge in [-0.1, -0.05) is 17.7 Å². The molecule has 1 heterocycles. The lowest BCUT2D eigenvalue weighted by Gasteiger charge is -2.01. The van der Waals surface area contributed by atoms with Crippen molar-refractivity contribution >= 4 is 23.2 Å². The maximum atomic E-state index is 13.2. The zero-order chi connectivity index (χ0) is 10.8. The van der Waals surface area contributed by atoms with Crippen molar-refractivity contribution in [1.82, 2.24) is 9.97 Å². The number of halogens is 3. The summed E-state index contributed by atoms with van der Waals surface area (Å²) in [4.78, 5) is 7.70. The fraction of sp³-hybridized carbons (Fsp3) is 0. The average molecular weight is 243 g/mol. The molecule has 2 aromatic rings. The monoisotopic (exact) mass is 242 g/mol. The molecule has 0 aliphatic rings. The molecule has 1 aromatic heterocycles. The van der Waals surface area contributed by atoms with E-state index in [0.717, 1.165) is 0 Å². The van der Waals surface area contributed by atoms with Crippen molar-refractivity contribution in [2.45, 2.75) is 0 Å². The van der Waals surface area contributed by atoms with Crippen molar-refractivity contribution in [3.63, 3.8) is 0 Å². The third-order valence-corrected chi connectivity index (χ3v) is 2.33. The fourth-order valence-corrected chi connectivity index (χ4v) is 1.42. The lowest BCUT2D eigenvalue weighted by atomic mass is 10.1. The van der Waals surface area contributed by atoms with Crippen molar-refractivity contribution in [2.75, 3.05) is 0 Å². The zero-order valence-electron chi connectivity index (χ0n) is 7.42. The molecule has 2 nitrogen and oxygen atoms in total. The Labute approximate surface area is 95.7 Å². The van der Waals surface area contributed by atoms with Crippen LogP contribution in [0.2, 0.25) is 10.3 Å². The van der Waals surface area contributed by atoms with Crippen LogP contribution in [0.25, 0.3) is 11.3 Å². The van der Waals surface area contributed by atoms with Gasteiger partial charge in [0.1, 0.15) is 5.82 Å². The molecule has 0 saturated heterocycles. The Morgan fingerprint density at radius 1 is 1.13 bits per heavy atom. The number of nitrogens with zero attached hydrogens (tertiary/aromatic N) is 2. The molecule has 0 atom stereocenters. The van der Waals surface area contributed by atoms with Gasteiger partial charge in [-0.25, -0.2) is 14.4 Å². The Kier molecular flexibility index (Phi) is 2.84. The molecule has 0 spiro atoms. The van der Waals surface area contributed by atoms with Crippen LogP contribution in [0.15, 0.2) is 30.5 Å². The van der Waals surface area contributed by atoms with E-state index in [-0.39, 0.29) is 10.3 Å². The molecular weight excluding hydrogens is 238 g/mol. The van der Waals surface area contributed by atoms with Crippen LogP contribution in [-0.2, 0) is 0 Å². The number of rotatable bonds is 1. The molecular formula is C10H5Cl2FN2. The minimum Gasteiger partial charge on any atom is -0.226 e. The highest BCUT2D eigenvalue weighted by Gasteiger charge is 2.04. The van der Waals surface area contributed by atoms with Crippen LogP contribution in [0.3, 0.4) is 0 Å². The lowest BCUT2D eigenvalue weighted by molar-refractivity contribution is 0.628. The summed E-state index contributed by atoms with van der Waals surface area (Å²) in [5, 5.41) is 0.210. The molecule has 0 saturated carbocycles. The Bertz CT molecular complexity index is 503. The van der Waals surface area contributed by atoms with Gasteiger partial charge in [-0.2, -0.15) is 0 Å². The Hall–Kier alpha value is -1.19. The Morgan fingerprint density at radius 2 is 1.93 bits per heavy atom. The average Bonchev–Trinajstić information content (AvgIpc) is 2.22. The van der Waals surface area contributed by atoms with Crippen molar-refractivity contribution in [3.8, 4) is 11.3 Å². The van der Waals surface area contributed by atoms with E-state index in [0.29, 0.717) is 11.3 Å². The predicted octanol–water partition coefficient (Wildman–Crippen LogP) is 3.59. The second-order valence-electron chi connectivity index (χ2n) is 2.84. The molecule has 0 radical (unpaired) electrons. The van der Waals surface area contributed by atoms with Crippen LogP contribution in [-0.4, -0.2) is 9.97 Å². The Balaban J connectivity index is 2.50. The maximum Gasteiger partial charge on any atom is 0.222 e. The molecule has 2 rings (SSSR count). The van der Waals surface area contributed by atoms with Gasteiger partial charge in [0, 0.05) is 11.8 Å². The van der Waals surface area contributed by atoms with E-state index in [1.165, 1.54) is 18.3 Å². The second kappa shape index (κ2) is 4.13. The lowest BCUT2D eigenvalue weighted by Crippen LogP contribution is -1.87. The molecule has 0 aliphatic carbocycles. The molecule has 0 N–H and O–H groups in total. The topological polar surface area (TPSA) is 25.8 Å². The van der Waals surface area contributed by atoms with Crippen molar-refractivity contribution < 1.29 is 4.39 Å². The first-order chi connectivity index (χ1) is 7.16. The maximum absolute atomic E-state index is 13.2. The summed E-state index contributed by atoms with van der Waals surface area (Å²) in [6.45, 7) is 0. The standard InChI is InChI=1S/C10H5Cl2FN2/c11-7-2-1-6(5-8(7)13)9-3-4-14-10(12)15-9/h1-5H. The van der Waals surface area contributed by atoms with Crippen molar-refractivity contribution in [3.05, 3.63) is 46.6 Å². The summed E-state index contributed by atoms with van der Waals surface area (Å²) in [5.74, 6) is -0.482. The van der Waals surface area contributed by atoms with Gasteiger partial charge in [-0.15, -0.1) is 0 Å². The van der Waals surface area contributed by atoms with Crippen molar-refractivity contribution in [1.29, 1.82) is 0 Å². The Morgan fingerprint density at radius 3 is 2.60 bits per heavy atom. The van der Waals surface area contributed by atoms with Gasteiger partial charge in [0.15, 0.2) is 0 Å². The molecule has 76 valence electrons. The van der Waals surface area contributed by atoms with Gasteiger partial charge in [-0.3, -0.25) is 0 Å². The summed E-state index contributed by atoms with van der Waals surface area (Å²) in [6.07, 6.45) is 1.51. The first-order valence-electron chi connectivity index (χ1n) is 4.11. The second-order valence-corrected chi connectivity index (χ2v) is 3.59. The molecule has 5 heteroatoms. The van der Waals surface area contributed by atoms with Gasteiger partial charge >= 0.3 is 0 Å². The third-order valence-electron chi connectivity index (χ3n) is 1.84. The number of hydrogen-bond donors (Lipinski definition) is 0. The normalized spacial score (nSPS) is 10.3. The quantitative estimate of drug-likeness (QED) is 0.715. The molecule has 0 aliphatic heterocycles. The summed E-state index contributed by atoms with van der Waals surface area (Å²) < 4.78 is 13.2. The van der Waals surface area contributed by atoms with E-state index < -0.39 is 5.82 Å². The minimum atomic E-state index is -0.482. The highest BCUT2D eigenvalue weighted by molar-refractivity contribution is 6.30. The minimum absolute atomic E-state index is 0.0823. The van der Waals surface area contributed by atoms with Crippen molar-refractivity contribution in [2.24, 2.45) is 0 Å². The van der Waals surface area contributed by atoms with Gasteiger partial charge in [0.25, 0.3) is 0 Å². The first-order valence-corrected chi connectivity index (χ1v) is 4.86. The van der Waals surface area contributed by atoms with E-state index in [1.807, 2.05) is 0 Å². The number of benzene rings is 1. The van der Waals surface area contributed by atoms with Crippen LogP contribution in [0.1, 0.15) is 0 Å². The van der Waals surface area contributed by atoms with E-state index in [4.69, 9.17) is 23.2 Å². The van der Waals surface area contributed by atoms with Crippen LogP contribution in [0, 0.1) is 5.82 Å². The van der Waals surface area contributed by atoms with E-state index in [1.54, 1.807) is 12.1 Å².